The average molecular weight is 217 g/mol. The van der Waals surface area contributed by atoms with Gasteiger partial charge in [0.1, 0.15) is 11.6 Å². The summed E-state index contributed by atoms with van der Waals surface area (Å²) in [4.78, 5) is 3.92. The molecule has 0 saturated carbocycles. The molecule has 0 unspecified atom stereocenters. The van der Waals surface area contributed by atoms with Crippen molar-refractivity contribution in [2.75, 3.05) is 6.61 Å². The van der Waals surface area contributed by atoms with Gasteiger partial charge in [-0.1, -0.05) is 13.3 Å². The van der Waals surface area contributed by atoms with Crippen molar-refractivity contribution in [3.05, 3.63) is 29.3 Å². The number of hydrogen-bond acceptors (Lipinski definition) is 3. The van der Waals surface area contributed by atoms with Crippen LogP contribution >= 0.6 is 0 Å². The maximum atomic E-state index is 7.65. The van der Waals surface area contributed by atoms with Crippen molar-refractivity contribution in [2.45, 2.75) is 19.8 Å². The molecule has 0 saturated heterocycles. The number of benzene rings is 1. The highest BCUT2D eigenvalue weighted by Gasteiger charge is 2.18. The van der Waals surface area contributed by atoms with Crippen molar-refractivity contribution in [3.8, 4) is 5.75 Å². The van der Waals surface area contributed by atoms with Crippen molar-refractivity contribution in [1.82, 2.24) is 0 Å². The molecule has 1 aromatic carbocycles. The summed E-state index contributed by atoms with van der Waals surface area (Å²) in [6.07, 6.45) is 2.14. The first-order valence-corrected chi connectivity index (χ1v) is 5.42. The second-order valence-electron chi connectivity index (χ2n) is 3.76. The summed E-state index contributed by atoms with van der Waals surface area (Å²) < 4.78 is 5.57. The summed E-state index contributed by atoms with van der Waals surface area (Å²) in [7, 11) is 0. The number of nitrogens with zero attached hydrogens (tertiary/aromatic N) is 1. The molecule has 1 heterocycles. The van der Waals surface area contributed by atoms with Crippen LogP contribution in [0, 0.1) is 5.41 Å². The monoisotopic (exact) mass is 217 g/mol. The van der Waals surface area contributed by atoms with Gasteiger partial charge in [0.2, 0.25) is 0 Å². The normalized spacial score (nSPS) is 13.6. The highest BCUT2D eigenvalue weighted by atomic mass is 16.5. The van der Waals surface area contributed by atoms with Gasteiger partial charge in [0, 0.05) is 11.1 Å². The van der Waals surface area contributed by atoms with E-state index in [0.29, 0.717) is 12.4 Å². The third-order valence-electron chi connectivity index (χ3n) is 2.52. The van der Waals surface area contributed by atoms with E-state index in [4.69, 9.17) is 15.9 Å². The number of ether oxygens (including phenoxy) is 1. The minimum absolute atomic E-state index is 0.216. The van der Waals surface area contributed by atoms with E-state index in [1.807, 2.05) is 18.2 Å². The van der Waals surface area contributed by atoms with Crippen LogP contribution in [0.25, 0.3) is 0 Å². The zero-order valence-corrected chi connectivity index (χ0v) is 9.29. The standard InChI is InChI=1S/C12H15N3O/c1-2-3-6-16-8-4-5-9-10(7-8)12(14)15-11(9)13/h4-5,7H,2-3,6H2,1H3,(H3,13,14,15). The second-order valence-corrected chi connectivity index (χ2v) is 3.76. The van der Waals surface area contributed by atoms with Crippen molar-refractivity contribution < 1.29 is 4.74 Å². The Morgan fingerprint density at radius 2 is 2.19 bits per heavy atom. The van der Waals surface area contributed by atoms with Crippen LogP contribution in [-0.2, 0) is 0 Å². The van der Waals surface area contributed by atoms with E-state index in [9.17, 15) is 0 Å². The van der Waals surface area contributed by atoms with E-state index in [-0.39, 0.29) is 5.84 Å². The molecule has 1 aliphatic rings. The van der Waals surface area contributed by atoms with Gasteiger partial charge >= 0.3 is 0 Å². The summed E-state index contributed by atoms with van der Waals surface area (Å²) in [5, 5.41) is 7.65. The van der Waals surface area contributed by atoms with E-state index in [2.05, 4.69) is 11.9 Å². The fraction of sp³-hybridized carbons (Fsp3) is 0.333. The molecule has 84 valence electrons. The van der Waals surface area contributed by atoms with Gasteiger partial charge in [-0.15, -0.1) is 0 Å². The largest absolute Gasteiger partial charge is 0.494 e. The van der Waals surface area contributed by atoms with Gasteiger partial charge in [-0.3, -0.25) is 5.41 Å². The molecule has 1 aliphatic heterocycles. The fourth-order valence-electron chi connectivity index (χ4n) is 1.61. The molecule has 4 nitrogen and oxygen atoms in total. The summed E-state index contributed by atoms with van der Waals surface area (Å²) in [6, 6.07) is 5.56. The van der Waals surface area contributed by atoms with E-state index in [0.717, 1.165) is 29.7 Å². The molecule has 3 N–H and O–H groups in total. The molecule has 0 aliphatic carbocycles. The Kier molecular flexibility index (Phi) is 2.90. The van der Waals surface area contributed by atoms with Crippen LogP contribution in [0.2, 0.25) is 0 Å². The van der Waals surface area contributed by atoms with Crippen LogP contribution in [-0.4, -0.2) is 18.3 Å². The summed E-state index contributed by atoms with van der Waals surface area (Å²) in [5.74, 6) is 1.41. The summed E-state index contributed by atoms with van der Waals surface area (Å²) in [6.45, 7) is 2.83. The van der Waals surface area contributed by atoms with Gasteiger partial charge in [0.05, 0.1) is 6.61 Å². The van der Waals surface area contributed by atoms with Crippen LogP contribution in [0.15, 0.2) is 23.2 Å². The molecule has 0 aromatic heterocycles. The van der Waals surface area contributed by atoms with Crippen LogP contribution in [0.3, 0.4) is 0 Å². The third kappa shape index (κ3) is 1.91. The molecule has 1 aromatic rings. The number of unbranched alkanes of at least 4 members (excludes halogenated alkanes) is 1. The van der Waals surface area contributed by atoms with Gasteiger partial charge in [-0.05, 0) is 24.6 Å². The van der Waals surface area contributed by atoms with Gasteiger partial charge in [0.25, 0.3) is 0 Å². The Morgan fingerprint density at radius 1 is 1.38 bits per heavy atom. The SMILES string of the molecule is CCCCOc1ccc2c(c1)C(=N)N=C2N. The van der Waals surface area contributed by atoms with E-state index < -0.39 is 0 Å². The molecule has 0 atom stereocenters. The molecule has 0 spiro atoms. The number of rotatable bonds is 4. The highest BCUT2D eigenvalue weighted by molar-refractivity contribution is 6.20. The molecule has 16 heavy (non-hydrogen) atoms. The predicted molar refractivity (Wildman–Crippen MR) is 64.4 cm³/mol. The Hall–Kier alpha value is -1.84. The Labute approximate surface area is 94.6 Å². The van der Waals surface area contributed by atoms with Gasteiger partial charge in [-0.2, -0.15) is 0 Å². The average Bonchev–Trinajstić information content (AvgIpc) is 2.55. The van der Waals surface area contributed by atoms with E-state index >= 15 is 0 Å². The minimum Gasteiger partial charge on any atom is -0.494 e. The first kappa shape index (κ1) is 10.7. The second kappa shape index (κ2) is 4.35. The van der Waals surface area contributed by atoms with Crippen LogP contribution < -0.4 is 10.5 Å². The summed E-state index contributed by atoms with van der Waals surface area (Å²) in [5.41, 5.74) is 7.26. The molecule has 0 fully saturated rings. The molecule has 2 rings (SSSR count). The fourth-order valence-corrected chi connectivity index (χ4v) is 1.61. The molecular weight excluding hydrogens is 202 g/mol. The third-order valence-corrected chi connectivity index (χ3v) is 2.52. The number of nitrogens with one attached hydrogen (secondary N) is 1. The van der Waals surface area contributed by atoms with E-state index in [1.165, 1.54) is 0 Å². The Balaban J connectivity index is 2.16. The predicted octanol–water partition coefficient (Wildman–Crippen LogP) is 1.91. The van der Waals surface area contributed by atoms with Gasteiger partial charge in [0.15, 0.2) is 5.84 Å². The lowest BCUT2D eigenvalue weighted by Gasteiger charge is -2.07. The van der Waals surface area contributed by atoms with Crippen LogP contribution in [0.5, 0.6) is 5.75 Å². The first-order valence-electron chi connectivity index (χ1n) is 5.42. The topological polar surface area (TPSA) is 71.5 Å². The number of nitrogens with two attached hydrogens (primary N) is 1. The zero-order valence-electron chi connectivity index (χ0n) is 9.29. The molecule has 0 amide bonds. The number of hydrogen-bond donors (Lipinski definition) is 2. The minimum atomic E-state index is 0.216. The van der Waals surface area contributed by atoms with Gasteiger partial charge < -0.3 is 10.5 Å². The molecule has 4 heteroatoms. The molecule has 0 bridgehead atoms. The zero-order chi connectivity index (χ0) is 11.5. The number of aliphatic imine (C=N–C) groups is 1. The lowest BCUT2D eigenvalue weighted by Crippen LogP contribution is -2.10. The van der Waals surface area contributed by atoms with Crippen molar-refractivity contribution in [1.29, 1.82) is 5.41 Å². The Bertz CT molecular complexity index is 452. The lowest BCUT2D eigenvalue weighted by molar-refractivity contribution is 0.309. The van der Waals surface area contributed by atoms with Crippen molar-refractivity contribution in [3.63, 3.8) is 0 Å². The van der Waals surface area contributed by atoms with Crippen molar-refractivity contribution >= 4 is 11.7 Å². The number of amidine groups is 2. The van der Waals surface area contributed by atoms with Crippen LogP contribution in [0.4, 0.5) is 0 Å². The van der Waals surface area contributed by atoms with Gasteiger partial charge in [-0.25, -0.2) is 4.99 Å². The molecule has 0 radical (unpaired) electrons. The molecular formula is C12H15N3O. The quantitative estimate of drug-likeness (QED) is 0.756. The maximum absolute atomic E-state index is 7.65. The van der Waals surface area contributed by atoms with Crippen molar-refractivity contribution in [2.24, 2.45) is 10.7 Å². The Morgan fingerprint density at radius 3 is 2.94 bits per heavy atom. The van der Waals surface area contributed by atoms with E-state index in [1.54, 1.807) is 0 Å². The number of fused-ring (bicyclic) bond motifs is 1. The lowest BCUT2D eigenvalue weighted by atomic mass is 10.1. The summed E-state index contributed by atoms with van der Waals surface area (Å²) >= 11 is 0. The highest BCUT2D eigenvalue weighted by Crippen LogP contribution is 2.22. The smallest absolute Gasteiger partial charge is 0.155 e. The first-order chi connectivity index (χ1) is 7.72. The van der Waals surface area contributed by atoms with Crippen LogP contribution in [0.1, 0.15) is 30.9 Å². The maximum Gasteiger partial charge on any atom is 0.155 e.